The zero-order valence-electron chi connectivity index (χ0n) is 15.7. The zero-order chi connectivity index (χ0) is 20.2. The minimum Gasteiger partial charge on any atom is -0.372 e. The maximum atomic E-state index is 13.9. The van der Waals surface area contributed by atoms with Crippen LogP contribution in [-0.2, 0) is 4.79 Å². The molecule has 0 spiro atoms. The van der Waals surface area contributed by atoms with Gasteiger partial charge in [-0.1, -0.05) is 23.9 Å². The predicted octanol–water partition coefficient (Wildman–Crippen LogP) is 3.13. The third-order valence-electron chi connectivity index (χ3n) is 4.73. The molecule has 29 heavy (non-hydrogen) atoms. The number of nitrogens with one attached hydrogen (secondary N) is 1. The summed E-state index contributed by atoms with van der Waals surface area (Å²) in [5.41, 5.74) is 2.17. The molecule has 0 bridgehead atoms. The molecule has 0 saturated carbocycles. The van der Waals surface area contributed by atoms with E-state index in [0.29, 0.717) is 5.16 Å². The number of nitrogens with zero attached hydrogens (tertiary/aromatic N) is 4. The Morgan fingerprint density at radius 3 is 2.55 bits per heavy atom. The van der Waals surface area contributed by atoms with Gasteiger partial charge in [0, 0.05) is 24.5 Å². The van der Waals surface area contributed by atoms with Gasteiger partial charge in [0.2, 0.25) is 11.1 Å². The van der Waals surface area contributed by atoms with Crippen molar-refractivity contribution in [1.29, 1.82) is 0 Å². The van der Waals surface area contributed by atoms with Crippen molar-refractivity contribution in [2.75, 3.05) is 34.9 Å². The van der Waals surface area contributed by atoms with Crippen molar-refractivity contribution in [3.63, 3.8) is 0 Å². The van der Waals surface area contributed by atoms with Crippen molar-refractivity contribution in [2.45, 2.75) is 18.0 Å². The van der Waals surface area contributed by atoms with E-state index >= 15 is 0 Å². The maximum Gasteiger partial charge on any atom is 0.234 e. The number of nitrogens with two attached hydrogens (primary N) is 1. The Morgan fingerprint density at radius 2 is 1.83 bits per heavy atom. The molecule has 4 rings (SSSR count). The van der Waals surface area contributed by atoms with Gasteiger partial charge < -0.3 is 16.1 Å². The second kappa shape index (κ2) is 8.52. The molecular formula is C20H21FN6OS. The monoisotopic (exact) mass is 412 g/mol. The van der Waals surface area contributed by atoms with Gasteiger partial charge in [-0.3, -0.25) is 4.79 Å². The molecule has 2 heterocycles. The van der Waals surface area contributed by atoms with Crippen molar-refractivity contribution in [3.8, 4) is 11.4 Å². The third kappa shape index (κ3) is 4.34. The number of carbonyl (C=O) groups excluding carboxylic acids is 1. The van der Waals surface area contributed by atoms with Gasteiger partial charge in [0.25, 0.3) is 0 Å². The fourth-order valence-corrected chi connectivity index (χ4v) is 3.92. The predicted molar refractivity (Wildman–Crippen MR) is 113 cm³/mol. The van der Waals surface area contributed by atoms with Crippen LogP contribution in [-0.4, -0.2) is 39.6 Å². The molecular weight excluding hydrogens is 391 g/mol. The average Bonchev–Trinajstić information content (AvgIpc) is 3.38. The SMILES string of the molecule is Nn1c(SCC(=O)Nc2ccc(N3CCCC3)cc2)nnc1-c1ccccc1F. The van der Waals surface area contributed by atoms with E-state index in [0.717, 1.165) is 30.5 Å². The number of aromatic nitrogens is 3. The topological polar surface area (TPSA) is 89.1 Å². The van der Waals surface area contributed by atoms with Crippen molar-refractivity contribution < 1.29 is 9.18 Å². The second-order valence-electron chi connectivity index (χ2n) is 6.73. The van der Waals surface area contributed by atoms with E-state index < -0.39 is 5.82 Å². The Labute approximate surface area is 172 Å². The van der Waals surface area contributed by atoms with Gasteiger partial charge in [0.05, 0.1) is 11.3 Å². The van der Waals surface area contributed by atoms with Crippen molar-refractivity contribution in [2.24, 2.45) is 0 Å². The van der Waals surface area contributed by atoms with Gasteiger partial charge in [0.1, 0.15) is 5.82 Å². The second-order valence-corrected chi connectivity index (χ2v) is 7.68. The molecule has 9 heteroatoms. The lowest BCUT2D eigenvalue weighted by molar-refractivity contribution is -0.113. The standard InChI is InChI=1S/C20H21FN6OS/c21-17-6-2-1-5-16(17)19-24-25-20(27(19)22)29-13-18(28)23-14-7-9-15(10-8-14)26-11-3-4-12-26/h1-2,5-10H,3-4,11-13,22H2,(H,23,28). The number of nitrogen functional groups attached to an aromatic ring is 1. The van der Waals surface area contributed by atoms with Gasteiger partial charge in [-0.05, 0) is 49.2 Å². The summed E-state index contributed by atoms with van der Waals surface area (Å²) >= 11 is 1.14. The van der Waals surface area contributed by atoms with E-state index in [2.05, 4.69) is 20.4 Å². The van der Waals surface area contributed by atoms with Crippen LogP contribution in [0.5, 0.6) is 0 Å². The first-order chi connectivity index (χ1) is 14.1. The molecule has 1 saturated heterocycles. The number of anilines is 2. The molecule has 2 aromatic carbocycles. The lowest BCUT2D eigenvalue weighted by Crippen LogP contribution is -2.18. The number of rotatable bonds is 6. The van der Waals surface area contributed by atoms with Gasteiger partial charge >= 0.3 is 0 Å². The quantitative estimate of drug-likeness (QED) is 0.478. The van der Waals surface area contributed by atoms with Crippen LogP contribution in [0, 0.1) is 5.82 Å². The molecule has 3 aromatic rings. The summed E-state index contributed by atoms with van der Waals surface area (Å²) in [4.78, 5) is 14.6. The average molecular weight is 412 g/mol. The molecule has 1 amide bonds. The van der Waals surface area contributed by atoms with Crippen LogP contribution in [0.4, 0.5) is 15.8 Å². The van der Waals surface area contributed by atoms with Gasteiger partial charge in [0.15, 0.2) is 5.82 Å². The molecule has 3 N–H and O–H groups in total. The van der Waals surface area contributed by atoms with E-state index in [1.807, 2.05) is 24.3 Å². The normalized spacial score (nSPS) is 13.6. The summed E-state index contributed by atoms with van der Waals surface area (Å²) in [7, 11) is 0. The Bertz CT molecular complexity index is 1000. The molecule has 150 valence electrons. The van der Waals surface area contributed by atoms with E-state index in [-0.39, 0.29) is 23.0 Å². The highest BCUT2D eigenvalue weighted by Gasteiger charge is 2.16. The van der Waals surface area contributed by atoms with E-state index in [1.165, 1.54) is 29.3 Å². The fourth-order valence-electron chi connectivity index (χ4n) is 3.26. The van der Waals surface area contributed by atoms with Crippen LogP contribution in [0.1, 0.15) is 12.8 Å². The first kappa shape index (κ1) is 19.3. The first-order valence-corrected chi connectivity index (χ1v) is 10.3. The van der Waals surface area contributed by atoms with Crippen LogP contribution < -0.4 is 16.1 Å². The summed E-state index contributed by atoms with van der Waals surface area (Å²) in [6.07, 6.45) is 2.44. The lowest BCUT2D eigenvalue weighted by atomic mass is 10.2. The molecule has 7 nitrogen and oxygen atoms in total. The molecule has 1 aromatic heterocycles. The molecule has 1 fully saturated rings. The Balaban J connectivity index is 1.35. The van der Waals surface area contributed by atoms with Gasteiger partial charge in [-0.15, -0.1) is 10.2 Å². The Kier molecular flexibility index (Phi) is 5.66. The summed E-state index contributed by atoms with van der Waals surface area (Å²) in [5, 5.41) is 11.1. The molecule has 1 aliphatic rings. The van der Waals surface area contributed by atoms with Crippen molar-refractivity contribution >= 4 is 29.0 Å². The number of hydrogen-bond donors (Lipinski definition) is 2. The number of carbonyl (C=O) groups is 1. The summed E-state index contributed by atoms with van der Waals surface area (Å²) < 4.78 is 15.1. The molecule has 0 aliphatic carbocycles. The third-order valence-corrected chi connectivity index (χ3v) is 5.68. The number of thioether (sulfide) groups is 1. The Hall–Kier alpha value is -3.07. The van der Waals surface area contributed by atoms with E-state index in [9.17, 15) is 9.18 Å². The van der Waals surface area contributed by atoms with Crippen molar-refractivity contribution in [1.82, 2.24) is 14.9 Å². The molecule has 0 unspecified atom stereocenters. The van der Waals surface area contributed by atoms with E-state index in [4.69, 9.17) is 5.84 Å². The zero-order valence-corrected chi connectivity index (χ0v) is 16.5. The fraction of sp³-hybridized carbons (Fsp3) is 0.250. The lowest BCUT2D eigenvalue weighted by Gasteiger charge is -2.17. The number of halogens is 1. The van der Waals surface area contributed by atoms with Crippen LogP contribution in [0.25, 0.3) is 11.4 Å². The molecule has 1 aliphatic heterocycles. The van der Waals surface area contributed by atoms with Crippen LogP contribution in [0.15, 0.2) is 53.7 Å². The summed E-state index contributed by atoms with van der Waals surface area (Å²) in [5.74, 6) is 5.70. The molecule has 0 atom stereocenters. The largest absolute Gasteiger partial charge is 0.372 e. The highest BCUT2D eigenvalue weighted by atomic mass is 32.2. The first-order valence-electron chi connectivity index (χ1n) is 9.35. The smallest absolute Gasteiger partial charge is 0.234 e. The highest BCUT2D eigenvalue weighted by Crippen LogP contribution is 2.24. The number of amides is 1. The Morgan fingerprint density at radius 1 is 1.10 bits per heavy atom. The number of benzene rings is 2. The maximum absolute atomic E-state index is 13.9. The van der Waals surface area contributed by atoms with Crippen LogP contribution >= 0.6 is 11.8 Å². The minimum atomic E-state index is -0.432. The summed E-state index contributed by atoms with van der Waals surface area (Å²) in [6, 6.07) is 14.0. The van der Waals surface area contributed by atoms with Gasteiger partial charge in [-0.25, -0.2) is 9.07 Å². The van der Waals surface area contributed by atoms with Crippen LogP contribution in [0.2, 0.25) is 0 Å². The molecule has 0 radical (unpaired) electrons. The number of hydrogen-bond acceptors (Lipinski definition) is 6. The highest BCUT2D eigenvalue weighted by molar-refractivity contribution is 7.99. The van der Waals surface area contributed by atoms with E-state index in [1.54, 1.807) is 18.2 Å². The van der Waals surface area contributed by atoms with Crippen LogP contribution in [0.3, 0.4) is 0 Å². The van der Waals surface area contributed by atoms with Crippen molar-refractivity contribution in [3.05, 3.63) is 54.3 Å². The summed E-state index contributed by atoms with van der Waals surface area (Å²) in [6.45, 7) is 2.16. The minimum absolute atomic E-state index is 0.112. The van der Waals surface area contributed by atoms with Gasteiger partial charge in [-0.2, -0.15) is 0 Å².